The second kappa shape index (κ2) is 3.27. The summed E-state index contributed by atoms with van der Waals surface area (Å²) in [5.74, 6) is -0.641. The summed E-state index contributed by atoms with van der Waals surface area (Å²) in [6.07, 6.45) is 2.28. The molecule has 74 valence electrons. The molecule has 1 atom stereocenters. The van der Waals surface area contributed by atoms with Crippen LogP contribution in [0, 0.1) is 5.92 Å². The van der Waals surface area contributed by atoms with Gasteiger partial charge in [-0.3, -0.25) is 4.79 Å². The van der Waals surface area contributed by atoms with Crippen molar-refractivity contribution in [2.45, 2.75) is 25.0 Å². The summed E-state index contributed by atoms with van der Waals surface area (Å²) in [5.41, 5.74) is 0. The third-order valence-electron chi connectivity index (χ3n) is 2.78. The third-order valence-corrected chi connectivity index (χ3v) is 2.78. The maximum atomic E-state index is 11.2. The molecule has 1 aliphatic heterocycles. The Bertz CT molecular complexity index is 208. The van der Waals surface area contributed by atoms with E-state index in [1.165, 1.54) is 7.11 Å². The number of esters is 1. The molecule has 2 rings (SSSR count). The van der Waals surface area contributed by atoms with Gasteiger partial charge < -0.3 is 14.2 Å². The fourth-order valence-electron chi connectivity index (χ4n) is 2.10. The highest BCUT2D eigenvalue weighted by Crippen LogP contribution is 2.41. The maximum Gasteiger partial charge on any atom is 0.308 e. The van der Waals surface area contributed by atoms with E-state index < -0.39 is 5.79 Å². The lowest BCUT2D eigenvalue weighted by Crippen LogP contribution is -2.27. The fourth-order valence-corrected chi connectivity index (χ4v) is 2.10. The summed E-state index contributed by atoms with van der Waals surface area (Å²) >= 11 is 0. The number of methoxy groups -OCH3 is 1. The summed E-state index contributed by atoms with van der Waals surface area (Å²) in [4.78, 5) is 11.2. The summed E-state index contributed by atoms with van der Waals surface area (Å²) in [7, 11) is 1.42. The van der Waals surface area contributed by atoms with Crippen molar-refractivity contribution in [2.24, 2.45) is 5.92 Å². The van der Waals surface area contributed by atoms with Crippen molar-refractivity contribution >= 4 is 5.97 Å². The Hall–Kier alpha value is -0.610. The van der Waals surface area contributed by atoms with Gasteiger partial charge in [0.2, 0.25) is 0 Å². The van der Waals surface area contributed by atoms with Crippen molar-refractivity contribution in [2.75, 3.05) is 20.3 Å². The van der Waals surface area contributed by atoms with Crippen LogP contribution in [0.15, 0.2) is 0 Å². The van der Waals surface area contributed by atoms with E-state index in [1.807, 2.05) is 0 Å². The van der Waals surface area contributed by atoms with Crippen molar-refractivity contribution in [3.8, 4) is 0 Å². The van der Waals surface area contributed by atoms with Gasteiger partial charge in [0.05, 0.1) is 26.2 Å². The molecule has 2 aliphatic rings. The molecule has 1 spiro atoms. The number of ether oxygens (including phenoxy) is 3. The van der Waals surface area contributed by atoms with Crippen molar-refractivity contribution < 1.29 is 19.0 Å². The lowest BCUT2D eigenvalue weighted by atomic mass is 10.1. The summed E-state index contributed by atoms with van der Waals surface area (Å²) in [5, 5.41) is 0. The van der Waals surface area contributed by atoms with Gasteiger partial charge in [-0.1, -0.05) is 0 Å². The zero-order valence-corrected chi connectivity index (χ0v) is 7.75. The standard InChI is InChI=1S/C9H14O4/c1-11-8(10)7-2-3-9(6-7)12-4-5-13-9/h7H,2-6H2,1H3/t7-/m1/s1. The van der Waals surface area contributed by atoms with Gasteiger partial charge in [0.25, 0.3) is 0 Å². The molecule has 0 bridgehead atoms. The Balaban J connectivity index is 1.96. The molecule has 0 amide bonds. The molecule has 1 saturated carbocycles. The molecule has 0 N–H and O–H groups in total. The minimum Gasteiger partial charge on any atom is -0.469 e. The van der Waals surface area contributed by atoms with Gasteiger partial charge in [0.15, 0.2) is 5.79 Å². The summed E-state index contributed by atoms with van der Waals surface area (Å²) < 4.78 is 15.7. The minimum absolute atomic E-state index is 0.0388. The van der Waals surface area contributed by atoms with Crippen LogP contribution >= 0.6 is 0 Å². The van der Waals surface area contributed by atoms with E-state index in [2.05, 4.69) is 4.74 Å². The molecular weight excluding hydrogens is 172 g/mol. The highest BCUT2D eigenvalue weighted by Gasteiger charge is 2.46. The molecule has 2 fully saturated rings. The van der Waals surface area contributed by atoms with Gasteiger partial charge in [-0.15, -0.1) is 0 Å². The molecule has 1 heterocycles. The molecular formula is C9H14O4. The number of carbonyl (C=O) groups is 1. The molecule has 0 aromatic rings. The molecule has 1 saturated heterocycles. The van der Waals surface area contributed by atoms with Crippen LogP contribution in [0.3, 0.4) is 0 Å². The molecule has 1 aliphatic carbocycles. The third kappa shape index (κ3) is 1.56. The lowest BCUT2D eigenvalue weighted by molar-refractivity contribution is -0.161. The van der Waals surface area contributed by atoms with E-state index in [-0.39, 0.29) is 11.9 Å². The predicted octanol–water partition coefficient (Wildman–Crippen LogP) is 0.703. The van der Waals surface area contributed by atoms with E-state index in [0.29, 0.717) is 19.6 Å². The molecule has 13 heavy (non-hydrogen) atoms. The van der Waals surface area contributed by atoms with Crippen molar-refractivity contribution in [1.82, 2.24) is 0 Å². The normalized spacial score (nSPS) is 31.0. The number of hydrogen-bond acceptors (Lipinski definition) is 4. The second-order valence-electron chi connectivity index (χ2n) is 3.57. The van der Waals surface area contributed by atoms with Gasteiger partial charge in [0.1, 0.15) is 0 Å². The number of hydrogen-bond donors (Lipinski definition) is 0. The van der Waals surface area contributed by atoms with Gasteiger partial charge in [0, 0.05) is 12.8 Å². The van der Waals surface area contributed by atoms with Gasteiger partial charge >= 0.3 is 5.97 Å². The predicted molar refractivity (Wildman–Crippen MR) is 44.0 cm³/mol. The monoisotopic (exact) mass is 186 g/mol. The van der Waals surface area contributed by atoms with Crippen LogP contribution in [0.2, 0.25) is 0 Å². The van der Waals surface area contributed by atoms with Crippen LogP contribution in [0.25, 0.3) is 0 Å². The molecule has 4 nitrogen and oxygen atoms in total. The zero-order chi connectivity index (χ0) is 9.31. The van der Waals surface area contributed by atoms with Crippen LogP contribution in [-0.2, 0) is 19.0 Å². The SMILES string of the molecule is COC(=O)[C@@H]1CCC2(C1)OCCO2. The average molecular weight is 186 g/mol. The van der Waals surface area contributed by atoms with E-state index in [4.69, 9.17) is 9.47 Å². The maximum absolute atomic E-state index is 11.2. The van der Waals surface area contributed by atoms with Crippen molar-refractivity contribution in [1.29, 1.82) is 0 Å². The molecule has 0 aromatic heterocycles. The first-order valence-electron chi connectivity index (χ1n) is 4.61. The van der Waals surface area contributed by atoms with Crippen LogP contribution in [0.5, 0.6) is 0 Å². The number of rotatable bonds is 1. The van der Waals surface area contributed by atoms with Crippen molar-refractivity contribution in [3.63, 3.8) is 0 Å². The van der Waals surface area contributed by atoms with Gasteiger partial charge in [-0.25, -0.2) is 0 Å². The van der Waals surface area contributed by atoms with Crippen molar-refractivity contribution in [3.05, 3.63) is 0 Å². The Morgan fingerprint density at radius 3 is 2.77 bits per heavy atom. The van der Waals surface area contributed by atoms with E-state index in [1.54, 1.807) is 0 Å². The first-order chi connectivity index (χ1) is 6.26. The first kappa shape index (κ1) is 8.97. The zero-order valence-electron chi connectivity index (χ0n) is 7.75. The Morgan fingerprint density at radius 1 is 1.46 bits per heavy atom. The smallest absolute Gasteiger partial charge is 0.308 e. The van der Waals surface area contributed by atoms with Gasteiger partial charge in [-0.05, 0) is 6.42 Å². The minimum atomic E-state index is -0.459. The lowest BCUT2D eigenvalue weighted by Gasteiger charge is -2.20. The molecule has 0 aromatic carbocycles. The quantitative estimate of drug-likeness (QED) is 0.565. The van der Waals surface area contributed by atoms with Crippen LogP contribution in [-0.4, -0.2) is 32.1 Å². The van der Waals surface area contributed by atoms with Crippen LogP contribution in [0.4, 0.5) is 0 Å². The average Bonchev–Trinajstić information content (AvgIpc) is 2.76. The summed E-state index contributed by atoms with van der Waals surface area (Å²) in [6.45, 7) is 1.29. The van der Waals surface area contributed by atoms with E-state index in [9.17, 15) is 4.79 Å². The fraction of sp³-hybridized carbons (Fsp3) is 0.889. The van der Waals surface area contributed by atoms with E-state index >= 15 is 0 Å². The van der Waals surface area contributed by atoms with Crippen LogP contribution in [0.1, 0.15) is 19.3 Å². The van der Waals surface area contributed by atoms with Gasteiger partial charge in [-0.2, -0.15) is 0 Å². The molecule has 4 heteroatoms. The number of carbonyl (C=O) groups excluding carboxylic acids is 1. The largest absolute Gasteiger partial charge is 0.469 e. The summed E-state index contributed by atoms with van der Waals surface area (Å²) in [6, 6.07) is 0. The second-order valence-corrected chi connectivity index (χ2v) is 3.57. The van der Waals surface area contributed by atoms with Crippen LogP contribution < -0.4 is 0 Å². The Labute approximate surface area is 77.1 Å². The highest BCUT2D eigenvalue weighted by molar-refractivity contribution is 5.72. The highest BCUT2D eigenvalue weighted by atomic mass is 16.7. The van der Waals surface area contributed by atoms with E-state index in [0.717, 1.165) is 12.8 Å². The molecule has 0 radical (unpaired) electrons. The Morgan fingerprint density at radius 2 is 2.15 bits per heavy atom. The topological polar surface area (TPSA) is 44.8 Å². The molecule has 0 unspecified atom stereocenters. The first-order valence-corrected chi connectivity index (χ1v) is 4.61. The Kier molecular flexibility index (Phi) is 2.26.